The lowest BCUT2D eigenvalue weighted by molar-refractivity contribution is 0.110. The lowest BCUT2D eigenvalue weighted by Crippen LogP contribution is -2.25. The topological polar surface area (TPSA) is 39.7 Å². The molecule has 27 heavy (non-hydrogen) atoms. The van der Waals surface area contributed by atoms with Crippen LogP contribution in [0.5, 0.6) is 11.5 Å². The van der Waals surface area contributed by atoms with Crippen LogP contribution < -0.4 is 14.8 Å². The first-order chi connectivity index (χ1) is 13.2. The van der Waals surface area contributed by atoms with Gasteiger partial charge in [0, 0.05) is 29.2 Å². The molecule has 1 heterocycles. The van der Waals surface area contributed by atoms with Crippen LogP contribution in [0.2, 0.25) is 5.02 Å². The highest BCUT2D eigenvalue weighted by Gasteiger charge is 2.16. The SMILES string of the molecule is CCOc1cc(CNCC2CCCO2)c(Br)cc1OCc1cccc(Cl)c1. The highest BCUT2D eigenvalue weighted by molar-refractivity contribution is 9.10. The zero-order chi connectivity index (χ0) is 19.1. The maximum absolute atomic E-state index is 6.05. The first kappa shape index (κ1) is 20.5. The van der Waals surface area contributed by atoms with E-state index in [-0.39, 0.29) is 0 Å². The normalized spacial score (nSPS) is 16.5. The van der Waals surface area contributed by atoms with E-state index in [9.17, 15) is 0 Å². The predicted molar refractivity (Wildman–Crippen MR) is 112 cm³/mol. The van der Waals surface area contributed by atoms with Crippen LogP contribution in [-0.2, 0) is 17.9 Å². The second-order valence-corrected chi connectivity index (χ2v) is 7.80. The number of benzene rings is 2. The molecule has 3 rings (SSSR count). The largest absolute Gasteiger partial charge is 0.490 e. The van der Waals surface area contributed by atoms with Gasteiger partial charge in [-0.25, -0.2) is 0 Å². The van der Waals surface area contributed by atoms with Crippen LogP contribution in [0.25, 0.3) is 0 Å². The van der Waals surface area contributed by atoms with Crippen molar-refractivity contribution in [2.24, 2.45) is 0 Å². The third-order valence-corrected chi connectivity index (χ3v) is 5.38. The number of hydrogen-bond donors (Lipinski definition) is 1. The van der Waals surface area contributed by atoms with Crippen LogP contribution in [0, 0.1) is 0 Å². The second kappa shape index (κ2) is 10.3. The molecule has 0 amide bonds. The highest BCUT2D eigenvalue weighted by Crippen LogP contribution is 2.34. The Morgan fingerprint density at radius 1 is 1.22 bits per heavy atom. The minimum absolute atomic E-state index is 0.329. The molecule has 1 N–H and O–H groups in total. The van der Waals surface area contributed by atoms with Crippen LogP contribution in [0.4, 0.5) is 0 Å². The van der Waals surface area contributed by atoms with Crippen molar-refractivity contribution in [2.75, 3.05) is 19.8 Å². The third-order valence-electron chi connectivity index (χ3n) is 4.41. The molecule has 2 aromatic carbocycles. The third kappa shape index (κ3) is 6.11. The predicted octanol–water partition coefficient (Wildman–Crippen LogP) is 5.35. The average molecular weight is 455 g/mol. The number of halogens is 2. The van der Waals surface area contributed by atoms with E-state index >= 15 is 0 Å². The molecule has 0 aromatic heterocycles. The summed E-state index contributed by atoms with van der Waals surface area (Å²) < 4.78 is 18.4. The molecule has 1 saturated heterocycles. The summed E-state index contributed by atoms with van der Waals surface area (Å²) in [5.74, 6) is 1.46. The fraction of sp³-hybridized carbons (Fsp3) is 0.429. The summed E-state index contributed by atoms with van der Waals surface area (Å²) in [5, 5.41) is 4.17. The lowest BCUT2D eigenvalue weighted by atomic mass is 10.2. The van der Waals surface area contributed by atoms with E-state index in [2.05, 4.69) is 21.2 Å². The van der Waals surface area contributed by atoms with Crippen molar-refractivity contribution in [3.63, 3.8) is 0 Å². The van der Waals surface area contributed by atoms with Gasteiger partial charge in [-0.2, -0.15) is 0 Å². The van der Waals surface area contributed by atoms with Gasteiger partial charge in [-0.15, -0.1) is 0 Å². The summed E-state index contributed by atoms with van der Waals surface area (Å²) in [6, 6.07) is 11.7. The summed E-state index contributed by atoms with van der Waals surface area (Å²) in [7, 11) is 0. The van der Waals surface area contributed by atoms with Crippen LogP contribution >= 0.6 is 27.5 Å². The molecule has 1 aliphatic heterocycles. The molecule has 0 aliphatic carbocycles. The first-order valence-electron chi connectivity index (χ1n) is 9.30. The summed E-state index contributed by atoms with van der Waals surface area (Å²) in [4.78, 5) is 0. The zero-order valence-corrected chi connectivity index (χ0v) is 17.8. The van der Waals surface area contributed by atoms with Gasteiger partial charge in [-0.3, -0.25) is 0 Å². The molecule has 1 unspecified atom stereocenters. The van der Waals surface area contributed by atoms with Crippen molar-refractivity contribution in [2.45, 2.75) is 39.0 Å². The van der Waals surface area contributed by atoms with E-state index in [4.69, 9.17) is 25.8 Å². The van der Waals surface area contributed by atoms with Gasteiger partial charge >= 0.3 is 0 Å². The van der Waals surface area contributed by atoms with Crippen LogP contribution in [0.3, 0.4) is 0 Å². The Morgan fingerprint density at radius 3 is 2.81 bits per heavy atom. The van der Waals surface area contributed by atoms with Crippen molar-refractivity contribution in [1.82, 2.24) is 5.32 Å². The van der Waals surface area contributed by atoms with Gasteiger partial charge < -0.3 is 19.5 Å². The first-order valence-corrected chi connectivity index (χ1v) is 10.5. The molecule has 0 saturated carbocycles. The molecule has 0 spiro atoms. The average Bonchev–Trinajstić information content (AvgIpc) is 3.16. The molecule has 0 bridgehead atoms. The van der Waals surface area contributed by atoms with Gasteiger partial charge in [0.1, 0.15) is 6.61 Å². The Labute approximate surface area is 174 Å². The molecular formula is C21H25BrClNO3. The molecule has 0 radical (unpaired) electrons. The Morgan fingerprint density at radius 2 is 2.07 bits per heavy atom. The highest BCUT2D eigenvalue weighted by atomic mass is 79.9. The minimum Gasteiger partial charge on any atom is -0.490 e. The van der Waals surface area contributed by atoms with E-state index in [0.29, 0.717) is 30.1 Å². The molecule has 1 atom stereocenters. The quantitative estimate of drug-likeness (QED) is 0.554. The van der Waals surface area contributed by atoms with Gasteiger partial charge in [0.2, 0.25) is 0 Å². The number of nitrogens with one attached hydrogen (secondary N) is 1. The van der Waals surface area contributed by atoms with Crippen molar-refractivity contribution in [3.05, 3.63) is 57.0 Å². The molecule has 4 nitrogen and oxygen atoms in total. The van der Waals surface area contributed by atoms with E-state index in [1.165, 1.54) is 0 Å². The molecule has 1 aliphatic rings. The van der Waals surface area contributed by atoms with Crippen molar-refractivity contribution >= 4 is 27.5 Å². The van der Waals surface area contributed by atoms with Gasteiger partial charge in [0.05, 0.1) is 12.7 Å². The summed E-state index contributed by atoms with van der Waals surface area (Å²) in [5.41, 5.74) is 2.15. The van der Waals surface area contributed by atoms with E-state index in [1.807, 2.05) is 43.3 Å². The standard InChI is InChI=1S/C21H25BrClNO3/c1-2-25-20-10-16(12-24-13-18-7-4-8-26-18)19(22)11-21(20)27-14-15-5-3-6-17(23)9-15/h3,5-6,9-11,18,24H,2,4,7-8,12-14H2,1H3. The molecule has 6 heteroatoms. The zero-order valence-electron chi connectivity index (χ0n) is 15.5. The summed E-state index contributed by atoms with van der Waals surface area (Å²) in [6.07, 6.45) is 2.62. The van der Waals surface area contributed by atoms with Gasteiger partial charge in [-0.1, -0.05) is 39.7 Å². The Hall–Kier alpha value is -1.27. The Bertz CT molecular complexity index is 750. The van der Waals surface area contributed by atoms with Crippen LogP contribution in [0.15, 0.2) is 40.9 Å². The maximum atomic E-state index is 6.05. The van der Waals surface area contributed by atoms with Crippen LogP contribution in [-0.4, -0.2) is 25.9 Å². The smallest absolute Gasteiger partial charge is 0.162 e. The monoisotopic (exact) mass is 453 g/mol. The van der Waals surface area contributed by atoms with Crippen molar-refractivity contribution < 1.29 is 14.2 Å². The molecule has 1 fully saturated rings. The van der Waals surface area contributed by atoms with Crippen LogP contribution in [0.1, 0.15) is 30.9 Å². The number of hydrogen-bond acceptors (Lipinski definition) is 4. The number of rotatable bonds is 9. The van der Waals surface area contributed by atoms with Gasteiger partial charge in [0.25, 0.3) is 0 Å². The Kier molecular flexibility index (Phi) is 7.82. The van der Waals surface area contributed by atoms with Crippen molar-refractivity contribution in [1.29, 1.82) is 0 Å². The van der Waals surface area contributed by atoms with Crippen molar-refractivity contribution in [3.8, 4) is 11.5 Å². The van der Waals surface area contributed by atoms with E-state index < -0.39 is 0 Å². The lowest BCUT2D eigenvalue weighted by Gasteiger charge is -2.16. The fourth-order valence-electron chi connectivity index (χ4n) is 3.05. The summed E-state index contributed by atoms with van der Waals surface area (Å²) >= 11 is 9.70. The molecule has 2 aromatic rings. The minimum atomic E-state index is 0.329. The molecular weight excluding hydrogens is 430 g/mol. The number of ether oxygens (including phenoxy) is 3. The van der Waals surface area contributed by atoms with Gasteiger partial charge in [0.15, 0.2) is 11.5 Å². The van der Waals surface area contributed by atoms with E-state index in [0.717, 1.165) is 53.9 Å². The fourth-order valence-corrected chi connectivity index (χ4v) is 3.73. The second-order valence-electron chi connectivity index (χ2n) is 6.51. The maximum Gasteiger partial charge on any atom is 0.162 e. The Balaban J connectivity index is 1.65. The van der Waals surface area contributed by atoms with Gasteiger partial charge in [-0.05, 0) is 55.2 Å². The van der Waals surface area contributed by atoms with E-state index in [1.54, 1.807) is 0 Å². The summed E-state index contributed by atoms with van der Waals surface area (Å²) in [6.45, 7) is 5.47. The molecule has 146 valence electrons.